The Bertz CT molecular complexity index is 871. The summed E-state index contributed by atoms with van der Waals surface area (Å²) in [4.78, 5) is 24.3. The summed E-state index contributed by atoms with van der Waals surface area (Å²) in [7, 11) is 0. The summed E-state index contributed by atoms with van der Waals surface area (Å²) in [6.07, 6.45) is 2.69. The molecule has 1 N–H and O–H groups in total. The molecule has 126 valence electrons. The largest absolute Gasteiger partial charge is 0.323 e. The number of nitrogens with zero attached hydrogens (tertiary/aromatic N) is 1. The zero-order valence-electron chi connectivity index (χ0n) is 12.7. The van der Waals surface area contributed by atoms with Crippen molar-refractivity contribution >= 4 is 58.3 Å². The van der Waals surface area contributed by atoms with Crippen LogP contribution in [0, 0.1) is 17.2 Å². The minimum absolute atomic E-state index is 0.210. The molecular weight excluding hydrogens is 383 g/mol. The van der Waals surface area contributed by atoms with E-state index in [1.54, 1.807) is 30.3 Å². The predicted octanol–water partition coefficient (Wildman–Crippen LogP) is 5.01. The molecular formula is C18H11Cl3N2O2. The third-order valence-corrected chi connectivity index (χ3v) is 3.97. The summed E-state index contributed by atoms with van der Waals surface area (Å²) < 4.78 is 0. The molecule has 0 aliphatic rings. The molecule has 1 amide bonds. The smallest absolute Gasteiger partial charge is 0.249 e. The molecule has 0 spiro atoms. The molecule has 0 aliphatic carbocycles. The van der Waals surface area contributed by atoms with Crippen LogP contribution >= 0.6 is 34.8 Å². The molecule has 2 aromatic carbocycles. The van der Waals surface area contributed by atoms with Crippen LogP contribution in [0.5, 0.6) is 0 Å². The monoisotopic (exact) mass is 392 g/mol. The number of halogens is 3. The first-order valence-corrected chi connectivity index (χ1v) is 8.17. The summed E-state index contributed by atoms with van der Waals surface area (Å²) in [6, 6.07) is 12.9. The van der Waals surface area contributed by atoms with Crippen molar-refractivity contribution in [3.63, 3.8) is 0 Å². The van der Waals surface area contributed by atoms with Crippen molar-refractivity contribution in [2.45, 2.75) is 0 Å². The second-order valence-electron chi connectivity index (χ2n) is 4.96. The third kappa shape index (κ3) is 5.33. The number of allylic oxidation sites excluding steroid dienone is 1. The van der Waals surface area contributed by atoms with E-state index < -0.39 is 17.6 Å². The van der Waals surface area contributed by atoms with Gasteiger partial charge in [0, 0.05) is 10.0 Å². The van der Waals surface area contributed by atoms with Gasteiger partial charge in [0.25, 0.3) is 0 Å². The lowest BCUT2D eigenvalue weighted by atomic mass is 10.0. The van der Waals surface area contributed by atoms with Crippen molar-refractivity contribution in [3.05, 3.63) is 69.2 Å². The van der Waals surface area contributed by atoms with Gasteiger partial charge >= 0.3 is 0 Å². The molecule has 2 aromatic rings. The number of rotatable bonds is 5. The number of hydrogen-bond acceptors (Lipinski definition) is 3. The Morgan fingerprint density at radius 3 is 2.28 bits per heavy atom. The molecule has 0 saturated heterocycles. The first kappa shape index (κ1) is 19.0. The van der Waals surface area contributed by atoms with Crippen LogP contribution in [-0.4, -0.2) is 11.7 Å². The number of carbonyl (C=O) groups excluding carboxylic acids is 2. The fourth-order valence-electron chi connectivity index (χ4n) is 1.90. The average Bonchev–Trinajstić information content (AvgIpc) is 2.57. The van der Waals surface area contributed by atoms with Crippen LogP contribution in [0.2, 0.25) is 15.1 Å². The molecule has 0 saturated carbocycles. The first-order valence-electron chi connectivity index (χ1n) is 7.03. The van der Waals surface area contributed by atoms with Crippen molar-refractivity contribution in [3.8, 4) is 6.07 Å². The second kappa shape index (κ2) is 8.68. The van der Waals surface area contributed by atoms with E-state index in [4.69, 9.17) is 40.1 Å². The van der Waals surface area contributed by atoms with Crippen LogP contribution in [0.4, 0.5) is 5.69 Å². The van der Waals surface area contributed by atoms with Gasteiger partial charge in [0.05, 0.1) is 16.8 Å². The summed E-state index contributed by atoms with van der Waals surface area (Å²) >= 11 is 17.5. The summed E-state index contributed by atoms with van der Waals surface area (Å²) in [5.41, 5.74) is 0.987. The van der Waals surface area contributed by atoms with E-state index in [-0.39, 0.29) is 10.7 Å². The normalized spacial score (nSPS) is 11.8. The van der Waals surface area contributed by atoms with Crippen molar-refractivity contribution in [1.82, 2.24) is 0 Å². The fraction of sp³-hybridized carbons (Fsp3) is 0.0556. The quantitative estimate of drug-likeness (QED) is 0.573. The summed E-state index contributed by atoms with van der Waals surface area (Å²) in [6.45, 7) is 0. The molecule has 25 heavy (non-hydrogen) atoms. The van der Waals surface area contributed by atoms with Crippen molar-refractivity contribution in [2.24, 2.45) is 5.92 Å². The van der Waals surface area contributed by atoms with Gasteiger partial charge in [-0.25, -0.2) is 0 Å². The van der Waals surface area contributed by atoms with Gasteiger partial charge in [-0.15, -0.1) is 0 Å². The number of carbonyl (C=O) groups is 2. The number of hydrogen-bond donors (Lipinski definition) is 1. The van der Waals surface area contributed by atoms with Crippen molar-refractivity contribution in [1.29, 1.82) is 5.26 Å². The van der Waals surface area contributed by atoms with Gasteiger partial charge in [0.1, 0.15) is 0 Å². The highest BCUT2D eigenvalue weighted by molar-refractivity contribution is 6.36. The Morgan fingerprint density at radius 2 is 1.68 bits per heavy atom. The molecule has 1 unspecified atom stereocenters. The molecule has 2 rings (SSSR count). The lowest BCUT2D eigenvalue weighted by Gasteiger charge is -2.09. The van der Waals surface area contributed by atoms with E-state index >= 15 is 0 Å². The molecule has 0 radical (unpaired) electrons. The van der Waals surface area contributed by atoms with Crippen molar-refractivity contribution in [2.75, 3.05) is 5.32 Å². The Kier molecular flexibility index (Phi) is 6.60. The highest BCUT2D eigenvalue weighted by Crippen LogP contribution is 2.25. The van der Waals surface area contributed by atoms with Crippen LogP contribution in [0.1, 0.15) is 5.56 Å². The SMILES string of the molecule is N#CC(C(=O)/C=C/c1ccc(Cl)cc1)C(=O)Nc1ccc(Cl)cc1Cl. The first-order chi connectivity index (χ1) is 11.9. The van der Waals surface area contributed by atoms with E-state index in [9.17, 15) is 9.59 Å². The number of benzene rings is 2. The van der Waals surface area contributed by atoms with Crippen LogP contribution in [0.25, 0.3) is 6.08 Å². The Balaban J connectivity index is 2.09. The number of anilines is 1. The van der Waals surface area contributed by atoms with Gasteiger partial charge in [0.2, 0.25) is 5.91 Å². The minimum Gasteiger partial charge on any atom is -0.323 e. The van der Waals surface area contributed by atoms with Crippen LogP contribution in [-0.2, 0) is 9.59 Å². The summed E-state index contributed by atoms with van der Waals surface area (Å²) in [5, 5.41) is 12.8. The number of nitriles is 1. The Morgan fingerprint density at radius 1 is 1.04 bits per heavy atom. The standard InChI is InChI=1S/C18H11Cl3N2O2/c19-12-4-1-11(2-5-12)3-8-17(24)14(10-22)18(25)23-16-7-6-13(20)9-15(16)21/h1-9,14H,(H,23,25)/b8-3+. The van der Waals surface area contributed by atoms with Crippen LogP contribution in [0.3, 0.4) is 0 Å². The molecule has 1 atom stereocenters. The van der Waals surface area contributed by atoms with Crippen LogP contribution < -0.4 is 5.32 Å². The lowest BCUT2D eigenvalue weighted by molar-refractivity contribution is -0.126. The van der Waals surface area contributed by atoms with E-state index in [1.165, 1.54) is 30.4 Å². The zero-order valence-corrected chi connectivity index (χ0v) is 14.9. The maximum atomic E-state index is 12.2. The highest BCUT2D eigenvalue weighted by Gasteiger charge is 2.25. The molecule has 7 heteroatoms. The summed E-state index contributed by atoms with van der Waals surface area (Å²) in [5.74, 6) is -2.90. The van der Waals surface area contributed by atoms with Crippen molar-refractivity contribution < 1.29 is 9.59 Å². The van der Waals surface area contributed by atoms with E-state index in [2.05, 4.69) is 5.32 Å². The van der Waals surface area contributed by atoms with Gasteiger partial charge in [-0.1, -0.05) is 53.0 Å². The molecule has 0 heterocycles. The van der Waals surface area contributed by atoms with Gasteiger partial charge in [-0.3, -0.25) is 9.59 Å². The Labute approximate surface area is 159 Å². The highest BCUT2D eigenvalue weighted by atomic mass is 35.5. The number of ketones is 1. The predicted molar refractivity (Wildman–Crippen MR) is 99.7 cm³/mol. The minimum atomic E-state index is -1.49. The fourth-order valence-corrected chi connectivity index (χ4v) is 2.48. The number of amides is 1. The lowest BCUT2D eigenvalue weighted by Crippen LogP contribution is -2.27. The van der Waals surface area contributed by atoms with E-state index in [0.29, 0.717) is 10.0 Å². The second-order valence-corrected chi connectivity index (χ2v) is 6.24. The van der Waals surface area contributed by atoms with Gasteiger partial charge in [-0.2, -0.15) is 5.26 Å². The maximum Gasteiger partial charge on any atom is 0.249 e. The van der Waals surface area contributed by atoms with E-state index in [1.807, 2.05) is 0 Å². The molecule has 0 bridgehead atoms. The van der Waals surface area contributed by atoms with Gasteiger partial charge < -0.3 is 5.32 Å². The maximum absolute atomic E-state index is 12.2. The number of nitrogens with one attached hydrogen (secondary N) is 1. The molecule has 0 aliphatic heterocycles. The van der Waals surface area contributed by atoms with Gasteiger partial charge in [0.15, 0.2) is 11.7 Å². The molecule has 4 nitrogen and oxygen atoms in total. The topological polar surface area (TPSA) is 70.0 Å². The van der Waals surface area contributed by atoms with Gasteiger partial charge in [-0.05, 0) is 42.0 Å². The Hall–Kier alpha value is -2.32. The third-order valence-electron chi connectivity index (χ3n) is 3.17. The average molecular weight is 394 g/mol. The zero-order chi connectivity index (χ0) is 18.4. The van der Waals surface area contributed by atoms with E-state index in [0.717, 1.165) is 5.56 Å². The molecule has 0 aromatic heterocycles. The van der Waals surface area contributed by atoms with Crippen LogP contribution in [0.15, 0.2) is 48.5 Å². The molecule has 0 fully saturated rings.